The molecular formula is C20H29N5O2. The van der Waals surface area contributed by atoms with E-state index in [-0.39, 0.29) is 11.9 Å². The maximum absolute atomic E-state index is 12.3. The van der Waals surface area contributed by atoms with Gasteiger partial charge in [-0.2, -0.15) is 0 Å². The summed E-state index contributed by atoms with van der Waals surface area (Å²) in [6.45, 7) is 9.20. The minimum Gasteiger partial charge on any atom is -0.361 e. The highest BCUT2D eigenvalue weighted by Gasteiger charge is 2.26. The first kappa shape index (κ1) is 19.5. The van der Waals surface area contributed by atoms with Crippen LogP contribution in [0.15, 0.2) is 23.2 Å². The number of hydrogen-bond donors (Lipinski definition) is 0. The topological polar surface area (TPSA) is 75.4 Å². The fourth-order valence-electron chi connectivity index (χ4n) is 3.85. The van der Waals surface area contributed by atoms with Gasteiger partial charge in [-0.1, -0.05) is 12.1 Å². The van der Waals surface area contributed by atoms with E-state index < -0.39 is 0 Å². The molecule has 0 spiro atoms. The lowest BCUT2D eigenvalue weighted by molar-refractivity contribution is -0.132. The van der Waals surface area contributed by atoms with Crippen LogP contribution >= 0.6 is 0 Å². The van der Waals surface area contributed by atoms with Crippen LogP contribution in [-0.2, 0) is 24.3 Å². The maximum atomic E-state index is 12.3. The molecule has 0 bridgehead atoms. The Morgan fingerprint density at radius 3 is 2.78 bits per heavy atom. The van der Waals surface area contributed by atoms with E-state index in [1.807, 2.05) is 11.8 Å². The fraction of sp³-hybridized carbons (Fsp3) is 0.600. The van der Waals surface area contributed by atoms with Crippen LogP contribution in [0.1, 0.15) is 55.7 Å². The third-order valence-corrected chi connectivity index (χ3v) is 5.39. The fourth-order valence-corrected chi connectivity index (χ4v) is 3.85. The van der Waals surface area contributed by atoms with Crippen LogP contribution in [0.25, 0.3) is 0 Å². The molecule has 3 rings (SSSR count). The third-order valence-electron chi connectivity index (χ3n) is 5.39. The van der Waals surface area contributed by atoms with Gasteiger partial charge in [-0.25, -0.2) is 9.97 Å². The number of nitrogens with zero attached hydrogens (tertiary/aromatic N) is 5. The molecule has 0 N–H and O–H groups in total. The second-order valence-electron chi connectivity index (χ2n) is 7.27. The number of aromatic nitrogens is 3. The van der Waals surface area contributed by atoms with Crippen LogP contribution in [0.2, 0.25) is 0 Å². The Balaban J connectivity index is 1.64. The standard InChI is InChI=1S/C20H29N5O2/c1-4-20-19(15(2)27-23-20)13-24-8-5-6-18(7-9-24)25(16(3)26)12-17-10-21-14-22-11-17/h10-11,14,18H,4-9,12-13H2,1-3H3/t18-/m1/s1. The SMILES string of the molecule is CCc1noc(C)c1CN1CCC[C@@H](N(Cc2cncnc2)C(C)=O)CC1. The summed E-state index contributed by atoms with van der Waals surface area (Å²) in [5, 5.41) is 4.17. The van der Waals surface area contributed by atoms with Gasteiger partial charge >= 0.3 is 0 Å². The van der Waals surface area contributed by atoms with Crippen molar-refractivity contribution in [2.75, 3.05) is 13.1 Å². The van der Waals surface area contributed by atoms with Crippen molar-refractivity contribution in [1.82, 2.24) is 24.9 Å². The zero-order valence-corrected chi connectivity index (χ0v) is 16.5. The monoisotopic (exact) mass is 371 g/mol. The van der Waals surface area contributed by atoms with E-state index in [1.54, 1.807) is 19.3 Å². The number of hydrogen-bond acceptors (Lipinski definition) is 6. The lowest BCUT2D eigenvalue weighted by Gasteiger charge is -2.30. The molecule has 1 saturated heterocycles. The Morgan fingerprint density at radius 2 is 2.07 bits per heavy atom. The van der Waals surface area contributed by atoms with Crippen molar-refractivity contribution >= 4 is 5.91 Å². The molecule has 1 aliphatic rings. The Labute approximate surface area is 160 Å². The van der Waals surface area contributed by atoms with Crippen LogP contribution in [0.4, 0.5) is 0 Å². The van der Waals surface area contributed by atoms with E-state index in [2.05, 4.69) is 26.9 Å². The van der Waals surface area contributed by atoms with E-state index in [9.17, 15) is 4.79 Å². The maximum Gasteiger partial charge on any atom is 0.219 e. The molecule has 7 heteroatoms. The van der Waals surface area contributed by atoms with Gasteiger partial charge in [0.15, 0.2) is 0 Å². The summed E-state index contributed by atoms with van der Waals surface area (Å²) < 4.78 is 5.38. The second kappa shape index (κ2) is 9.08. The molecule has 27 heavy (non-hydrogen) atoms. The van der Waals surface area contributed by atoms with Gasteiger partial charge in [0.1, 0.15) is 12.1 Å². The molecule has 1 aliphatic heterocycles. The van der Waals surface area contributed by atoms with Gasteiger partial charge in [0.2, 0.25) is 5.91 Å². The lowest BCUT2D eigenvalue weighted by Crippen LogP contribution is -2.39. The average Bonchev–Trinajstić information content (AvgIpc) is 2.87. The second-order valence-corrected chi connectivity index (χ2v) is 7.27. The summed E-state index contributed by atoms with van der Waals surface area (Å²) in [6.07, 6.45) is 9.04. The van der Waals surface area contributed by atoms with Gasteiger partial charge < -0.3 is 9.42 Å². The quantitative estimate of drug-likeness (QED) is 0.777. The number of aryl methyl sites for hydroxylation is 2. The van der Waals surface area contributed by atoms with Crippen molar-refractivity contribution in [3.8, 4) is 0 Å². The van der Waals surface area contributed by atoms with E-state index >= 15 is 0 Å². The highest BCUT2D eigenvalue weighted by Crippen LogP contribution is 2.22. The van der Waals surface area contributed by atoms with E-state index in [1.165, 1.54) is 11.9 Å². The van der Waals surface area contributed by atoms with Crippen molar-refractivity contribution in [2.45, 2.75) is 65.6 Å². The summed E-state index contributed by atoms with van der Waals surface area (Å²) in [5.41, 5.74) is 3.25. The summed E-state index contributed by atoms with van der Waals surface area (Å²) in [6, 6.07) is 0.252. The summed E-state index contributed by atoms with van der Waals surface area (Å²) in [5.74, 6) is 1.03. The molecule has 0 aliphatic carbocycles. The summed E-state index contributed by atoms with van der Waals surface area (Å²) in [7, 11) is 0. The van der Waals surface area contributed by atoms with Gasteiger partial charge in [-0.15, -0.1) is 0 Å². The molecule has 0 saturated carbocycles. The van der Waals surface area contributed by atoms with Crippen molar-refractivity contribution in [3.05, 3.63) is 41.3 Å². The molecule has 1 atom stereocenters. The van der Waals surface area contributed by atoms with Crippen molar-refractivity contribution in [3.63, 3.8) is 0 Å². The zero-order chi connectivity index (χ0) is 19.2. The third kappa shape index (κ3) is 4.91. The molecule has 0 aromatic carbocycles. The normalized spacial score (nSPS) is 18.3. The minimum absolute atomic E-state index is 0.112. The molecule has 3 heterocycles. The molecule has 2 aromatic rings. The smallest absolute Gasteiger partial charge is 0.219 e. The van der Waals surface area contributed by atoms with Crippen LogP contribution in [0, 0.1) is 6.92 Å². The number of carbonyl (C=O) groups is 1. The van der Waals surface area contributed by atoms with E-state index in [4.69, 9.17) is 4.52 Å². The number of rotatable bonds is 6. The Morgan fingerprint density at radius 1 is 1.30 bits per heavy atom. The Bertz CT molecular complexity index is 746. The summed E-state index contributed by atoms with van der Waals surface area (Å²) in [4.78, 5) is 24.8. The molecule has 1 amide bonds. The lowest BCUT2D eigenvalue weighted by atomic mass is 10.1. The zero-order valence-electron chi connectivity index (χ0n) is 16.5. The Hall–Kier alpha value is -2.28. The molecule has 146 valence electrons. The van der Waals surface area contributed by atoms with Gasteiger partial charge in [-0.3, -0.25) is 9.69 Å². The highest BCUT2D eigenvalue weighted by molar-refractivity contribution is 5.73. The van der Waals surface area contributed by atoms with Crippen LogP contribution < -0.4 is 0 Å². The van der Waals surface area contributed by atoms with Crippen LogP contribution in [0.5, 0.6) is 0 Å². The largest absolute Gasteiger partial charge is 0.361 e. The average molecular weight is 371 g/mol. The molecule has 0 radical (unpaired) electrons. The van der Waals surface area contributed by atoms with Crippen molar-refractivity contribution in [2.24, 2.45) is 0 Å². The van der Waals surface area contributed by atoms with Crippen LogP contribution in [0.3, 0.4) is 0 Å². The first-order chi connectivity index (χ1) is 13.1. The molecule has 7 nitrogen and oxygen atoms in total. The van der Waals surface area contributed by atoms with E-state index in [0.29, 0.717) is 6.54 Å². The highest BCUT2D eigenvalue weighted by atomic mass is 16.5. The molecule has 1 fully saturated rings. The van der Waals surface area contributed by atoms with Gasteiger partial charge in [-0.05, 0) is 39.2 Å². The molecule has 2 aromatic heterocycles. The first-order valence-corrected chi connectivity index (χ1v) is 9.76. The molecular weight excluding hydrogens is 342 g/mol. The minimum atomic E-state index is 0.112. The predicted molar refractivity (Wildman–Crippen MR) is 102 cm³/mol. The van der Waals surface area contributed by atoms with Crippen LogP contribution in [-0.4, -0.2) is 50.0 Å². The molecule has 0 unspecified atom stereocenters. The van der Waals surface area contributed by atoms with Gasteiger partial charge in [0.25, 0.3) is 0 Å². The predicted octanol–water partition coefficient (Wildman–Crippen LogP) is 2.74. The van der Waals surface area contributed by atoms with Crippen molar-refractivity contribution in [1.29, 1.82) is 0 Å². The van der Waals surface area contributed by atoms with Crippen molar-refractivity contribution < 1.29 is 9.32 Å². The number of carbonyl (C=O) groups excluding carboxylic acids is 1. The first-order valence-electron chi connectivity index (χ1n) is 9.76. The Kier molecular flexibility index (Phi) is 6.55. The number of amides is 1. The number of likely N-dealkylation sites (tertiary alicyclic amines) is 1. The summed E-state index contributed by atoms with van der Waals surface area (Å²) >= 11 is 0. The van der Waals surface area contributed by atoms with Gasteiger partial charge in [0, 0.05) is 56.1 Å². The van der Waals surface area contributed by atoms with E-state index in [0.717, 1.165) is 62.3 Å². The van der Waals surface area contributed by atoms with Gasteiger partial charge in [0.05, 0.1) is 5.69 Å².